The Kier molecular flexibility index (Phi) is 3.62. The smallest absolute Gasteiger partial charge is 0.161 e. The number of aromatic nitrogens is 2. The van der Waals surface area contributed by atoms with Crippen molar-refractivity contribution in [2.75, 3.05) is 14.2 Å². The Morgan fingerprint density at radius 1 is 0.952 bits per heavy atom. The summed E-state index contributed by atoms with van der Waals surface area (Å²) >= 11 is 6.05. The van der Waals surface area contributed by atoms with Crippen LogP contribution >= 0.6 is 11.6 Å². The minimum atomic E-state index is 0.457. The summed E-state index contributed by atoms with van der Waals surface area (Å²) in [7, 11) is 3.22. The highest BCUT2D eigenvalue weighted by Gasteiger charge is 2.08. The average Bonchev–Trinajstić information content (AvgIpc) is 2.54. The summed E-state index contributed by atoms with van der Waals surface area (Å²) in [6, 6.07) is 11.4. The zero-order valence-electron chi connectivity index (χ0n) is 11.6. The number of rotatable bonds is 3. The first-order valence-corrected chi connectivity index (χ1v) is 6.74. The Balaban J connectivity index is 2.12. The minimum absolute atomic E-state index is 0.457. The van der Waals surface area contributed by atoms with Crippen LogP contribution in [0.15, 0.2) is 42.6 Å². The molecule has 4 nitrogen and oxygen atoms in total. The molecule has 0 unspecified atom stereocenters. The molecule has 106 valence electrons. The van der Waals surface area contributed by atoms with Gasteiger partial charge in [0.25, 0.3) is 0 Å². The second-order valence-electron chi connectivity index (χ2n) is 4.43. The van der Waals surface area contributed by atoms with Crippen molar-refractivity contribution in [2.45, 2.75) is 0 Å². The van der Waals surface area contributed by atoms with Crippen molar-refractivity contribution in [2.24, 2.45) is 0 Å². The highest BCUT2D eigenvalue weighted by molar-refractivity contribution is 6.34. The maximum atomic E-state index is 6.05. The lowest BCUT2D eigenvalue weighted by Gasteiger charge is -2.10. The molecule has 0 aliphatic rings. The molecule has 3 rings (SSSR count). The molecule has 0 atom stereocenters. The van der Waals surface area contributed by atoms with Crippen molar-refractivity contribution >= 4 is 22.5 Å². The molecule has 2 heterocycles. The molecule has 0 aliphatic heterocycles. The van der Waals surface area contributed by atoms with Gasteiger partial charge in [-0.25, -0.2) is 9.97 Å². The summed E-state index contributed by atoms with van der Waals surface area (Å²) in [6.07, 6.45) is 1.65. The van der Waals surface area contributed by atoms with Gasteiger partial charge in [0.15, 0.2) is 11.5 Å². The predicted molar refractivity (Wildman–Crippen MR) is 83.1 cm³/mol. The third-order valence-corrected chi connectivity index (χ3v) is 3.55. The standard InChI is InChI=1S/C16H13ClN2O2/c1-20-14-6-3-10(9-15(14)21-2)12-5-4-11-13(19-12)7-8-18-16(11)17/h3-9H,1-2H3. The van der Waals surface area contributed by atoms with E-state index >= 15 is 0 Å². The summed E-state index contributed by atoms with van der Waals surface area (Å²) in [6.45, 7) is 0. The van der Waals surface area contributed by atoms with E-state index in [0.717, 1.165) is 22.2 Å². The van der Waals surface area contributed by atoms with Gasteiger partial charge < -0.3 is 9.47 Å². The fraction of sp³-hybridized carbons (Fsp3) is 0.125. The molecule has 0 fully saturated rings. The van der Waals surface area contributed by atoms with Crippen LogP contribution in [0.3, 0.4) is 0 Å². The summed E-state index contributed by atoms with van der Waals surface area (Å²) in [5, 5.41) is 1.29. The highest BCUT2D eigenvalue weighted by atomic mass is 35.5. The lowest BCUT2D eigenvalue weighted by molar-refractivity contribution is 0.355. The number of hydrogen-bond donors (Lipinski definition) is 0. The zero-order chi connectivity index (χ0) is 14.8. The minimum Gasteiger partial charge on any atom is -0.493 e. The second-order valence-corrected chi connectivity index (χ2v) is 4.79. The van der Waals surface area contributed by atoms with Crippen molar-refractivity contribution in [1.82, 2.24) is 9.97 Å². The summed E-state index contributed by atoms with van der Waals surface area (Å²) in [5.41, 5.74) is 2.59. The average molecular weight is 301 g/mol. The summed E-state index contributed by atoms with van der Waals surface area (Å²) < 4.78 is 10.6. The predicted octanol–water partition coefficient (Wildman–Crippen LogP) is 3.97. The lowest BCUT2D eigenvalue weighted by Crippen LogP contribution is -1.92. The van der Waals surface area contributed by atoms with Gasteiger partial charge in [0.05, 0.1) is 25.4 Å². The SMILES string of the molecule is COc1ccc(-c2ccc3c(Cl)nccc3n2)cc1OC. The van der Waals surface area contributed by atoms with Crippen LogP contribution in [-0.4, -0.2) is 24.2 Å². The molecule has 5 heteroatoms. The number of halogens is 1. The van der Waals surface area contributed by atoms with Crippen LogP contribution in [0.4, 0.5) is 0 Å². The van der Waals surface area contributed by atoms with E-state index in [9.17, 15) is 0 Å². The first-order chi connectivity index (χ1) is 10.2. The molecule has 0 radical (unpaired) electrons. The summed E-state index contributed by atoms with van der Waals surface area (Å²) in [5.74, 6) is 1.36. The first-order valence-electron chi connectivity index (χ1n) is 6.36. The monoisotopic (exact) mass is 300 g/mol. The van der Waals surface area contributed by atoms with Crippen LogP contribution in [0.25, 0.3) is 22.2 Å². The molecule has 21 heavy (non-hydrogen) atoms. The van der Waals surface area contributed by atoms with Crippen LogP contribution in [0.2, 0.25) is 5.15 Å². The fourth-order valence-corrected chi connectivity index (χ4v) is 2.39. The van der Waals surface area contributed by atoms with Gasteiger partial charge in [-0.2, -0.15) is 0 Å². The van der Waals surface area contributed by atoms with E-state index in [4.69, 9.17) is 21.1 Å². The number of ether oxygens (including phenoxy) is 2. The molecule has 0 N–H and O–H groups in total. The number of benzene rings is 1. The molecule has 0 saturated carbocycles. The number of methoxy groups -OCH3 is 2. The van der Waals surface area contributed by atoms with E-state index in [2.05, 4.69) is 9.97 Å². The molecular weight excluding hydrogens is 288 g/mol. The topological polar surface area (TPSA) is 44.2 Å². The van der Waals surface area contributed by atoms with Gasteiger partial charge in [-0.15, -0.1) is 0 Å². The summed E-state index contributed by atoms with van der Waals surface area (Å²) in [4.78, 5) is 8.67. The van der Waals surface area contributed by atoms with E-state index in [1.165, 1.54) is 0 Å². The number of nitrogens with zero attached hydrogens (tertiary/aromatic N) is 2. The van der Waals surface area contributed by atoms with Crippen LogP contribution < -0.4 is 9.47 Å². The van der Waals surface area contributed by atoms with Crippen molar-refractivity contribution in [1.29, 1.82) is 0 Å². The molecule has 2 aromatic heterocycles. The number of pyridine rings is 2. The first kappa shape index (κ1) is 13.6. The third-order valence-electron chi connectivity index (χ3n) is 3.25. The number of fused-ring (bicyclic) bond motifs is 1. The maximum absolute atomic E-state index is 6.05. The van der Waals surface area contributed by atoms with Crippen molar-refractivity contribution < 1.29 is 9.47 Å². The zero-order valence-corrected chi connectivity index (χ0v) is 12.4. The maximum Gasteiger partial charge on any atom is 0.161 e. The molecule has 1 aromatic carbocycles. The van der Waals surface area contributed by atoms with Crippen molar-refractivity contribution in [3.8, 4) is 22.8 Å². The van der Waals surface area contributed by atoms with E-state index in [0.29, 0.717) is 16.7 Å². The molecule has 0 saturated heterocycles. The molecular formula is C16H13ClN2O2. The highest BCUT2D eigenvalue weighted by Crippen LogP contribution is 2.32. The van der Waals surface area contributed by atoms with E-state index < -0.39 is 0 Å². The molecule has 0 bridgehead atoms. The molecule has 0 aliphatic carbocycles. The molecule has 3 aromatic rings. The van der Waals surface area contributed by atoms with E-state index in [-0.39, 0.29) is 0 Å². The van der Waals surface area contributed by atoms with Crippen LogP contribution in [0, 0.1) is 0 Å². The van der Waals surface area contributed by atoms with Gasteiger partial charge in [0.2, 0.25) is 0 Å². The largest absolute Gasteiger partial charge is 0.493 e. The van der Waals surface area contributed by atoms with Gasteiger partial charge in [-0.05, 0) is 36.4 Å². The quantitative estimate of drug-likeness (QED) is 0.687. The van der Waals surface area contributed by atoms with Gasteiger partial charge in [-0.3, -0.25) is 0 Å². The Hall–Kier alpha value is -2.33. The van der Waals surface area contributed by atoms with Gasteiger partial charge in [0, 0.05) is 17.1 Å². The molecule has 0 amide bonds. The van der Waals surface area contributed by atoms with Crippen molar-refractivity contribution in [3.63, 3.8) is 0 Å². The Bertz CT molecular complexity index is 805. The van der Waals surface area contributed by atoms with Gasteiger partial charge >= 0.3 is 0 Å². The van der Waals surface area contributed by atoms with Crippen LogP contribution in [0.5, 0.6) is 11.5 Å². The van der Waals surface area contributed by atoms with Crippen molar-refractivity contribution in [3.05, 3.63) is 47.7 Å². The normalized spacial score (nSPS) is 10.6. The lowest BCUT2D eigenvalue weighted by atomic mass is 10.1. The molecule has 0 spiro atoms. The van der Waals surface area contributed by atoms with E-state index in [1.807, 2.05) is 36.4 Å². The third kappa shape index (κ3) is 2.50. The second kappa shape index (κ2) is 5.58. The Morgan fingerprint density at radius 3 is 2.52 bits per heavy atom. The fourth-order valence-electron chi connectivity index (χ4n) is 2.18. The Labute approximate surface area is 127 Å². The van der Waals surface area contributed by atoms with Crippen LogP contribution in [0.1, 0.15) is 0 Å². The Morgan fingerprint density at radius 2 is 1.76 bits per heavy atom. The number of hydrogen-bond acceptors (Lipinski definition) is 4. The van der Waals surface area contributed by atoms with E-state index in [1.54, 1.807) is 20.4 Å². The van der Waals surface area contributed by atoms with Gasteiger partial charge in [-0.1, -0.05) is 11.6 Å². The van der Waals surface area contributed by atoms with Crippen LogP contribution in [-0.2, 0) is 0 Å². The van der Waals surface area contributed by atoms with Gasteiger partial charge in [0.1, 0.15) is 5.15 Å².